The highest BCUT2D eigenvalue weighted by Gasteiger charge is 2.15. The lowest BCUT2D eigenvalue weighted by atomic mass is 10.4. The zero-order chi connectivity index (χ0) is 9.68. The van der Waals surface area contributed by atoms with Crippen LogP contribution in [0.3, 0.4) is 0 Å². The summed E-state index contributed by atoms with van der Waals surface area (Å²) in [6.45, 7) is 2.04. The van der Waals surface area contributed by atoms with Crippen LogP contribution in [0.1, 0.15) is 28.7 Å². The number of aromatic nitrogens is 2. The van der Waals surface area contributed by atoms with Gasteiger partial charge in [-0.05, 0) is 18.0 Å². The highest BCUT2D eigenvalue weighted by molar-refractivity contribution is 8.14. The molecule has 0 aromatic carbocycles. The third kappa shape index (κ3) is 2.93. The fourth-order valence-electron chi connectivity index (χ4n) is 0.711. The van der Waals surface area contributed by atoms with Gasteiger partial charge in [0.2, 0.25) is 5.12 Å². The summed E-state index contributed by atoms with van der Waals surface area (Å²) in [6.07, 6.45) is 0.985. The second-order valence-corrected chi connectivity index (χ2v) is 4.41. The molecule has 0 bridgehead atoms. The molecule has 1 aromatic heterocycles. The summed E-state index contributed by atoms with van der Waals surface area (Å²) in [5.41, 5.74) is 0.597. The third-order valence-corrected chi connectivity index (χ3v) is 3.53. The van der Waals surface area contributed by atoms with Crippen LogP contribution in [0.15, 0.2) is 0 Å². The van der Waals surface area contributed by atoms with Crippen LogP contribution in [0.25, 0.3) is 0 Å². The molecule has 0 atom stereocenters. The minimum atomic E-state index is 0.0347. The number of carbonyl (C=O) groups is 1. The van der Waals surface area contributed by atoms with Gasteiger partial charge in [-0.25, -0.2) is 0 Å². The first kappa shape index (κ1) is 10.9. The Balaban J connectivity index is 2.65. The topological polar surface area (TPSA) is 42.9 Å². The predicted octanol–water partition coefficient (Wildman–Crippen LogP) is 2.56. The third-order valence-electron chi connectivity index (χ3n) is 1.31. The fourth-order valence-corrected chi connectivity index (χ4v) is 2.42. The number of thioether (sulfide) groups is 1. The fraction of sp³-hybridized carbons (Fsp3) is 0.571. The Hall–Kier alpha value is -0.130. The molecule has 13 heavy (non-hydrogen) atoms. The molecule has 0 aliphatic carbocycles. The van der Waals surface area contributed by atoms with E-state index in [1.54, 1.807) is 0 Å². The van der Waals surface area contributed by atoms with Crippen molar-refractivity contribution in [3.05, 3.63) is 10.6 Å². The van der Waals surface area contributed by atoms with Crippen molar-refractivity contribution in [1.29, 1.82) is 0 Å². The average Bonchev–Trinajstić information content (AvgIpc) is 2.61. The Morgan fingerprint density at radius 3 is 3.08 bits per heavy atom. The predicted molar refractivity (Wildman–Crippen MR) is 56.5 cm³/mol. The van der Waals surface area contributed by atoms with Crippen molar-refractivity contribution in [2.75, 3.05) is 5.75 Å². The van der Waals surface area contributed by atoms with E-state index in [2.05, 4.69) is 9.59 Å². The normalized spacial score (nSPS) is 10.3. The Labute approximate surface area is 90.0 Å². The summed E-state index contributed by atoms with van der Waals surface area (Å²) in [7, 11) is 0. The van der Waals surface area contributed by atoms with E-state index in [1.807, 2.05) is 6.92 Å². The molecule has 0 spiro atoms. The van der Waals surface area contributed by atoms with Gasteiger partial charge in [0, 0.05) is 5.75 Å². The van der Waals surface area contributed by atoms with Gasteiger partial charge in [0.25, 0.3) is 0 Å². The molecule has 0 aliphatic rings. The Morgan fingerprint density at radius 1 is 1.69 bits per heavy atom. The molecule has 0 saturated carbocycles. The van der Waals surface area contributed by atoms with Crippen molar-refractivity contribution in [3.63, 3.8) is 0 Å². The molecule has 0 saturated heterocycles. The number of hydrogen-bond donors (Lipinski definition) is 0. The maximum absolute atomic E-state index is 11.5. The molecule has 0 aliphatic heterocycles. The van der Waals surface area contributed by atoms with Gasteiger partial charge in [-0.3, -0.25) is 4.79 Å². The molecule has 1 aromatic rings. The van der Waals surface area contributed by atoms with Gasteiger partial charge in [0.15, 0.2) is 0 Å². The van der Waals surface area contributed by atoms with Crippen LogP contribution in [0.2, 0.25) is 0 Å². The maximum Gasteiger partial charge on any atom is 0.232 e. The van der Waals surface area contributed by atoms with Crippen LogP contribution in [0.5, 0.6) is 0 Å². The maximum atomic E-state index is 11.5. The first-order chi connectivity index (χ1) is 6.29. The molecule has 1 heterocycles. The molecule has 1 rings (SSSR count). The second-order valence-electron chi connectivity index (χ2n) is 2.32. The molecular formula is C7H9ClN2OS2. The first-order valence-corrected chi connectivity index (χ1v) is 6.13. The van der Waals surface area contributed by atoms with Gasteiger partial charge in [-0.15, -0.1) is 16.7 Å². The summed E-state index contributed by atoms with van der Waals surface area (Å²) >= 11 is 8.01. The largest absolute Gasteiger partial charge is 0.281 e. The summed E-state index contributed by atoms with van der Waals surface area (Å²) in [6, 6.07) is 0. The van der Waals surface area contributed by atoms with Gasteiger partial charge < -0.3 is 0 Å². The molecule has 6 heteroatoms. The zero-order valence-electron chi connectivity index (χ0n) is 7.12. The lowest BCUT2D eigenvalue weighted by Crippen LogP contribution is -1.95. The summed E-state index contributed by atoms with van der Waals surface area (Å²) in [5.74, 6) is 1.09. The number of alkyl halides is 1. The van der Waals surface area contributed by atoms with Crippen molar-refractivity contribution in [2.24, 2.45) is 0 Å². The van der Waals surface area contributed by atoms with Crippen LogP contribution in [-0.2, 0) is 5.88 Å². The van der Waals surface area contributed by atoms with Crippen LogP contribution in [-0.4, -0.2) is 20.5 Å². The lowest BCUT2D eigenvalue weighted by molar-refractivity contribution is 0.109. The van der Waals surface area contributed by atoms with Gasteiger partial charge >= 0.3 is 0 Å². The van der Waals surface area contributed by atoms with Crippen molar-refractivity contribution in [1.82, 2.24) is 9.59 Å². The summed E-state index contributed by atoms with van der Waals surface area (Å²) in [4.78, 5) is 12.1. The van der Waals surface area contributed by atoms with E-state index in [9.17, 15) is 4.79 Å². The molecule has 3 nitrogen and oxygen atoms in total. The number of nitrogens with zero attached hydrogens (tertiary/aromatic N) is 2. The molecule has 72 valence electrons. The molecule has 0 amide bonds. The van der Waals surface area contributed by atoms with Crippen LogP contribution >= 0.6 is 34.9 Å². The minimum Gasteiger partial charge on any atom is -0.281 e. The number of hydrogen-bond acceptors (Lipinski definition) is 5. The average molecular weight is 237 g/mol. The van der Waals surface area contributed by atoms with E-state index in [0.717, 1.165) is 23.7 Å². The van der Waals surface area contributed by atoms with Gasteiger partial charge in [-0.1, -0.05) is 23.2 Å². The van der Waals surface area contributed by atoms with Crippen molar-refractivity contribution in [3.8, 4) is 0 Å². The van der Waals surface area contributed by atoms with Crippen LogP contribution in [0, 0.1) is 0 Å². The van der Waals surface area contributed by atoms with Crippen molar-refractivity contribution < 1.29 is 4.79 Å². The quantitative estimate of drug-likeness (QED) is 0.754. The number of carbonyl (C=O) groups excluding carboxylic acids is 1. The number of rotatable bonds is 4. The summed E-state index contributed by atoms with van der Waals surface area (Å²) < 4.78 is 3.70. The van der Waals surface area contributed by atoms with E-state index >= 15 is 0 Å². The van der Waals surface area contributed by atoms with Gasteiger partial charge in [-0.2, -0.15) is 0 Å². The molecular weight excluding hydrogens is 228 g/mol. The van der Waals surface area contributed by atoms with Crippen molar-refractivity contribution >= 4 is 40.0 Å². The number of halogens is 1. The molecule has 0 radical (unpaired) electrons. The Kier molecular flexibility index (Phi) is 4.69. The molecule has 0 N–H and O–H groups in total. The SMILES string of the molecule is CCCSC(=O)c1snnc1CCl. The van der Waals surface area contributed by atoms with E-state index in [0.29, 0.717) is 10.6 Å². The zero-order valence-corrected chi connectivity index (χ0v) is 9.51. The Bertz CT molecular complexity index is 290. The van der Waals surface area contributed by atoms with Crippen molar-refractivity contribution in [2.45, 2.75) is 19.2 Å². The first-order valence-electron chi connectivity index (χ1n) is 3.84. The Morgan fingerprint density at radius 2 is 2.46 bits per heavy atom. The van der Waals surface area contributed by atoms with Gasteiger partial charge in [0.05, 0.1) is 5.88 Å². The van der Waals surface area contributed by atoms with Crippen LogP contribution < -0.4 is 0 Å². The smallest absolute Gasteiger partial charge is 0.232 e. The van der Waals surface area contributed by atoms with E-state index in [-0.39, 0.29) is 11.0 Å². The van der Waals surface area contributed by atoms with E-state index in [4.69, 9.17) is 11.6 Å². The second kappa shape index (κ2) is 5.57. The minimum absolute atomic E-state index is 0.0347. The standard InChI is InChI=1S/C7H9ClN2OS2/c1-2-3-12-7(11)6-5(4-8)9-10-13-6/h2-4H2,1H3. The highest BCUT2D eigenvalue weighted by atomic mass is 35.5. The monoisotopic (exact) mass is 236 g/mol. The molecule has 0 fully saturated rings. The van der Waals surface area contributed by atoms with E-state index < -0.39 is 0 Å². The van der Waals surface area contributed by atoms with Crippen LogP contribution in [0.4, 0.5) is 0 Å². The molecule has 0 unspecified atom stereocenters. The summed E-state index contributed by atoms with van der Waals surface area (Å²) in [5, 5.41) is 3.80. The lowest BCUT2D eigenvalue weighted by Gasteiger charge is -1.95. The van der Waals surface area contributed by atoms with E-state index in [1.165, 1.54) is 11.8 Å². The van der Waals surface area contributed by atoms with Gasteiger partial charge in [0.1, 0.15) is 10.6 Å². The highest BCUT2D eigenvalue weighted by Crippen LogP contribution is 2.20.